The van der Waals surface area contributed by atoms with Gasteiger partial charge in [0, 0.05) is 24.0 Å². The molecule has 0 radical (unpaired) electrons. The van der Waals surface area contributed by atoms with Gasteiger partial charge in [-0.15, -0.1) is 0 Å². The standard InChI is InChI=1S/C18H20N4/c1-12-11-22(18-19-14(3)13(2)15(4)20-18)21-17(12)10-16-8-6-5-7-9-16/h5-9,11H,10H2,1-4H3. The van der Waals surface area contributed by atoms with Gasteiger partial charge in [-0.05, 0) is 44.4 Å². The Morgan fingerprint density at radius 2 is 1.55 bits per heavy atom. The van der Waals surface area contributed by atoms with Gasteiger partial charge in [-0.25, -0.2) is 14.6 Å². The van der Waals surface area contributed by atoms with Crippen LogP contribution in [0.5, 0.6) is 0 Å². The second kappa shape index (κ2) is 5.72. The summed E-state index contributed by atoms with van der Waals surface area (Å²) < 4.78 is 1.78. The highest BCUT2D eigenvalue weighted by Crippen LogP contribution is 2.15. The first-order valence-corrected chi connectivity index (χ1v) is 7.46. The molecule has 4 nitrogen and oxygen atoms in total. The van der Waals surface area contributed by atoms with E-state index in [-0.39, 0.29) is 0 Å². The van der Waals surface area contributed by atoms with Crippen LogP contribution < -0.4 is 0 Å². The molecule has 0 atom stereocenters. The van der Waals surface area contributed by atoms with Crippen molar-refractivity contribution in [3.63, 3.8) is 0 Å². The third-order valence-corrected chi connectivity index (χ3v) is 4.04. The lowest BCUT2D eigenvalue weighted by atomic mass is 10.1. The fourth-order valence-electron chi connectivity index (χ4n) is 2.42. The summed E-state index contributed by atoms with van der Waals surface area (Å²) in [5, 5.41) is 4.68. The van der Waals surface area contributed by atoms with Crippen molar-refractivity contribution in [2.75, 3.05) is 0 Å². The number of aryl methyl sites for hydroxylation is 3. The van der Waals surface area contributed by atoms with Gasteiger partial charge in [0.15, 0.2) is 0 Å². The molecule has 0 N–H and O–H groups in total. The Kier molecular flexibility index (Phi) is 3.75. The molecule has 0 saturated heterocycles. The SMILES string of the molecule is Cc1cn(-c2nc(C)c(C)c(C)n2)nc1Cc1ccccc1. The molecule has 0 aliphatic carbocycles. The van der Waals surface area contributed by atoms with E-state index in [4.69, 9.17) is 0 Å². The Hall–Kier alpha value is -2.49. The number of benzene rings is 1. The van der Waals surface area contributed by atoms with E-state index in [9.17, 15) is 0 Å². The van der Waals surface area contributed by atoms with Crippen molar-refractivity contribution in [1.29, 1.82) is 0 Å². The van der Waals surface area contributed by atoms with Crippen LogP contribution in [0.1, 0.15) is 33.8 Å². The maximum atomic E-state index is 4.68. The number of aromatic nitrogens is 4. The minimum Gasteiger partial charge on any atom is -0.216 e. The Morgan fingerprint density at radius 3 is 2.18 bits per heavy atom. The molecule has 4 heteroatoms. The van der Waals surface area contributed by atoms with Gasteiger partial charge in [0.25, 0.3) is 5.95 Å². The summed E-state index contributed by atoms with van der Waals surface area (Å²) >= 11 is 0. The molecule has 0 amide bonds. The monoisotopic (exact) mass is 292 g/mol. The number of rotatable bonds is 3. The van der Waals surface area contributed by atoms with Crippen molar-refractivity contribution < 1.29 is 0 Å². The highest BCUT2D eigenvalue weighted by molar-refractivity contribution is 5.30. The van der Waals surface area contributed by atoms with Gasteiger partial charge < -0.3 is 0 Å². The van der Waals surface area contributed by atoms with Crippen LogP contribution >= 0.6 is 0 Å². The van der Waals surface area contributed by atoms with Crippen molar-refractivity contribution in [3.05, 3.63) is 70.3 Å². The molecule has 2 heterocycles. The van der Waals surface area contributed by atoms with E-state index in [1.807, 2.05) is 33.0 Å². The molecular weight excluding hydrogens is 272 g/mol. The van der Waals surface area contributed by atoms with E-state index in [2.05, 4.69) is 46.3 Å². The Balaban J connectivity index is 1.95. The zero-order valence-electron chi connectivity index (χ0n) is 13.5. The molecule has 0 spiro atoms. The molecule has 3 rings (SSSR count). The minimum absolute atomic E-state index is 0.642. The van der Waals surface area contributed by atoms with Gasteiger partial charge in [0.2, 0.25) is 0 Å². The van der Waals surface area contributed by atoms with Gasteiger partial charge in [-0.1, -0.05) is 30.3 Å². The Labute approximate surface area is 130 Å². The van der Waals surface area contributed by atoms with E-state index in [1.54, 1.807) is 4.68 Å². The van der Waals surface area contributed by atoms with Crippen LogP contribution in [0.2, 0.25) is 0 Å². The van der Waals surface area contributed by atoms with E-state index in [0.29, 0.717) is 5.95 Å². The molecule has 0 saturated carbocycles. The molecule has 22 heavy (non-hydrogen) atoms. The lowest BCUT2D eigenvalue weighted by molar-refractivity contribution is 0.773. The van der Waals surface area contributed by atoms with Crippen LogP contribution in [0.4, 0.5) is 0 Å². The third-order valence-electron chi connectivity index (χ3n) is 4.04. The largest absolute Gasteiger partial charge is 0.250 e. The number of hydrogen-bond donors (Lipinski definition) is 0. The van der Waals surface area contributed by atoms with Crippen LogP contribution in [-0.2, 0) is 6.42 Å². The van der Waals surface area contributed by atoms with Crippen LogP contribution in [0, 0.1) is 27.7 Å². The fraction of sp³-hybridized carbons (Fsp3) is 0.278. The number of nitrogens with zero attached hydrogens (tertiary/aromatic N) is 4. The average Bonchev–Trinajstić information content (AvgIpc) is 2.86. The first-order chi connectivity index (χ1) is 10.5. The van der Waals surface area contributed by atoms with Crippen LogP contribution in [0.3, 0.4) is 0 Å². The van der Waals surface area contributed by atoms with Crippen LogP contribution in [0.15, 0.2) is 36.5 Å². The topological polar surface area (TPSA) is 43.6 Å². The molecular formula is C18H20N4. The Morgan fingerprint density at radius 1 is 0.909 bits per heavy atom. The summed E-state index contributed by atoms with van der Waals surface area (Å²) in [6.07, 6.45) is 2.82. The summed E-state index contributed by atoms with van der Waals surface area (Å²) in [5.41, 5.74) is 6.61. The normalized spacial score (nSPS) is 10.9. The maximum absolute atomic E-state index is 4.68. The smallest absolute Gasteiger partial charge is 0.216 e. The van der Waals surface area contributed by atoms with Crippen molar-refractivity contribution in [2.45, 2.75) is 34.1 Å². The van der Waals surface area contributed by atoms with Gasteiger partial charge in [0.1, 0.15) is 0 Å². The molecule has 0 fully saturated rings. The zero-order chi connectivity index (χ0) is 15.7. The first-order valence-electron chi connectivity index (χ1n) is 7.46. The highest BCUT2D eigenvalue weighted by atomic mass is 15.3. The van der Waals surface area contributed by atoms with Crippen molar-refractivity contribution >= 4 is 0 Å². The molecule has 0 bridgehead atoms. The predicted octanol–water partition coefficient (Wildman–Crippen LogP) is 3.49. The van der Waals surface area contributed by atoms with E-state index in [0.717, 1.165) is 34.6 Å². The lowest BCUT2D eigenvalue weighted by Gasteiger charge is -2.06. The van der Waals surface area contributed by atoms with Gasteiger partial charge in [-0.3, -0.25) is 0 Å². The summed E-state index contributed by atoms with van der Waals surface area (Å²) in [4.78, 5) is 9.11. The molecule has 2 aromatic heterocycles. The molecule has 3 aromatic rings. The zero-order valence-corrected chi connectivity index (χ0v) is 13.5. The molecule has 1 aromatic carbocycles. The van der Waals surface area contributed by atoms with Crippen molar-refractivity contribution in [2.24, 2.45) is 0 Å². The molecule has 0 unspecified atom stereocenters. The minimum atomic E-state index is 0.642. The Bertz CT molecular complexity index is 780. The predicted molar refractivity (Wildman–Crippen MR) is 87.4 cm³/mol. The van der Waals surface area contributed by atoms with Gasteiger partial charge in [-0.2, -0.15) is 5.10 Å². The quantitative estimate of drug-likeness (QED) is 0.742. The summed E-state index contributed by atoms with van der Waals surface area (Å²) in [6, 6.07) is 10.4. The molecule has 112 valence electrons. The molecule has 0 aliphatic heterocycles. The lowest BCUT2D eigenvalue weighted by Crippen LogP contribution is -2.07. The fourth-order valence-corrected chi connectivity index (χ4v) is 2.42. The number of hydrogen-bond acceptors (Lipinski definition) is 3. The van der Waals surface area contributed by atoms with Crippen molar-refractivity contribution in [1.82, 2.24) is 19.7 Å². The van der Waals surface area contributed by atoms with Crippen molar-refractivity contribution in [3.8, 4) is 5.95 Å². The average molecular weight is 292 g/mol. The second-order valence-electron chi connectivity index (χ2n) is 5.69. The third kappa shape index (κ3) is 2.77. The second-order valence-corrected chi connectivity index (χ2v) is 5.69. The van der Waals surface area contributed by atoms with E-state index in [1.165, 1.54) is 5.56 Å². The van der Waals surface area contributed by atoms with Crippen LogP contribution in [-0.4, -0.2) is 19.7 Å². The van der Waals surface area contributed by atoms with E-state index < -0.39 is 0 Å². The summed E-state index contributed by atoms with van der Waals surface area (Å²) in [5.74, 6) is 0.642. The van der Waals surface area contributed by atoms with Gasteiger partial charge in [0.05, 0.1) is 5.69 Å². The maximum Gasteiger partial charge on any atom is 0.250 e. The van der Waals surface area contributed by atoms with Crippen LogP contribution in [0.25, 0.3) is 5.95 Å². The highest BCUT2D eigenvalue weighted by Gasteiger charge is 2.11. The summed E-state index contributed by atoms with van der Waals surface area (Å²) in [7, 11) is 0. The first kappa shape index (κ1) is 14.4. The molecule has 0 aliphatic rings. The summed E-state index contributed by atoms with van der Waals surface area (Å²) in [6.45, 7) is 8.14. The van der Waals surface area contributed by atoms with Gasteiger partial charge >= 0.3 is 0 Å². The van der Waals surface area contributed by atoms with E-state index >= 15 is 0 Å².